The molecule has 1 N–H and O–H groups in total. The van der Waals surface area contributed by atoms with Gasteiger partial charge in [-0.05, 0) is 25.2 Å². The van der Waals surface area contributed by atoms with Gasteiger partial charge in [-0.2, -0.15) is 0 Å². The first-order valence-electron chi connectivity index (χ1n) is 4.69. The zero-order chi connectivity index (χ0) is 9.47. The van der Waals surface area contributed by atoms with Crippen LogP contribution in [0.15, 0.2) is 6.33 Å². The van der Waals surface area contributed by atoms with E-state index < -0.39 is 5.60 Å². The average molecular weight is 181 g/mol. The van der Waals surface area contributed by atoms with Crippen LogP contribution in [-0.2, 0) is 12.6 Å². The Hall–Kier alpha value is -0.900. The van der Waals surface area contributed by atoms with E-state index in [0.717, 1.165) is 19.3 Å². The van der Waals surface area contributed by atoms with E-state index in [1.165, 1.54) is 0 Å². The monoisotopic (exact) mass is 181 g/mol. The summed E-state index contributed by atoms with van der Waals surface area (Å²) in [5.41, 5.74) is -0.731. The molecule has 13 heavy (non-hydrogen) atoms. The van der Waals surface area contributed by atoms with Gasteiger partial charge in [0, 0.05) is 7.05 Å². The van der Waals surface area contributed by atoms with Crippen LogP contribution in [0.4, 0.5) is 0 Å². The third-order valence-electron chi connectivity index (χ3n) is 2.86. The highest BCUT2D eigenvalue weighted by Crippen LogP contribution is 2.40. The summed E-state index contributed by atoms with van der Waals surface area (Å²) in [5.74, 6) is 1.29. The predicted octanol–water partition coefficient (Wildman–Crippen LogP) is 0.823. The average Bonchev–Trinajstić information content (AvgIpc) is 2.59. The molecule has 1 fully saturated rings. The van der Waals surface area contributed by atoms with Crippen LogP contribution in [0.1, 0.15) is 32.0 Å². The van der Waals surface area contributed by atoms with Crippen molar-refractivity contribution in [1.29, 1.82) is 0 Å². The maximum Gasteiger partial charge on any atom is 0.164 e. The lowest BCUT2D eigenvalue weighted by Crippen LogP contribution is -2.25. The second-order valence-electron chi connectivity index (χ2n) is 4.15. The molecule has 0 saturated heterocycles. The fourth-order valence-corrected chi connectivity index (χ4v) is 2.17. The Bertz CT molecular complexity index is 310. The molecule has 0 bridgehead atoms. The van der Waals surface area contributed by atoms with Crippen molar-refractivity contribution >= 4 is 0 Å². The third-order valence-corrected chi connectivity index (χ3v) is 2.86. The van der Waals surface area contributed by atoms with Crippen molar-refractivity contribution in [3.05, 3.63) is 12.2 Å². The fourth-order valence-electron chi connectivity index (χ4n) is 2.17. The van der Waals surface area contributed by atoms with Crippen LogP contribution in [0.5, 0.6) is 0 Å². The molecule has 0 aliphatic heterocycles. The zero-order valence-electron chi connectivity index (χ0n) is 8.06. The van der Waals surface area contributed by atoms with Crippen LogP contribution < -0.4 is 0 Å². The van der Waals surface area contributed by atoms with E-state index in [4.69, 9.17) is 0 Å². The van der Waals surface area contributed by atoms with Crippen LogP contribution in [-0.4, -0.2) is 19.9 Å². The molecule has 2 atom stereocenters. The molecule has 0 aromatic carbocycles. The van der Waals surface area contributed by atoms with E-state index in [0.29, 0.717) is 11.7 Å². The van der Waals surface area contributed by atoms with Gasteiger partial charge in [0.1, 0.15) is 11.9 Å². The Balaban J connectivity index is 2.30. The lowest BCUT2D eigenvalue weighted by molar-refractivity contribution is 0.0284. The maximum absolute atomic E-state index is 10.3. The first-order valence-corrected chi connectivity index (χ1v) is 4.69. The van der Waals surface area contributed by atoms with Gasteiger partial charge in [0.05, 0.1) is 0 Å². The number of aliphatic hydroxyl groups is 1. The van der Waals surface area contributed by atoms with E-state index in [9.17, 15) is 5.11 Å². The van der Waals surface area contributed by atoms with Crippen molar-refractivity contribution in [2.24, 2.45) is 13.0 Å². The van der Waals surface area contributed by atoms with Gasteiger partial charge in [0.15, 0.2) is 5.82 Å². The lowest BCUT2D eigenvalue weighted by Gasteiger charge is -2.20. The van der Waals surface area contributed by atoms with Crippen molar-refractivity contribution in [2.75, 3.05) is 0 Å². The number of aromatic nitrogens is 3. The molecule has 72 valence electrons. The fraction of sp³-hybridized carbons (Fsp3) is 0.778. The second kappa shape index (κ2) is 2.80. The van der Waals surface area contributed by atoms with Gasteiger partial charge in [0.25, 0.3) is 0 Å². The quantitative estimate of drug-likeness (QED) is 0.698. The Kier molecular flexibility index (Phi) is 1.87. The third kappa shape index (κ3) is 1.35. The predicted molar refractivity (Wildman–Crippen MR) is 47.9 cm³/mol. The first kappa shape index (κ1) is 8.69. The Labute approximate surface area is 77.6 Å². The Morgan fingerprint density at radius 2 is 2.46 bits per heavy atom. The number of hydrogen-bond donors (Lipinski definition) is 1. The Morgan fingerprint density at radius 3 is 2.92 bits per heavy atom. The van der Waals surface area contributed by atoms with E-state index in [2.05, 4.69) is 17.1 Å². The Morgan fingerprint density at radius 1 is 1.69 bits per heavy atom. The highest BCUT2D eigenvalue weighted by molar-refractivity contribution is 5.04. The number of hydrogen-bond acceptors (Lipinski definition) is 3. The summed E-state index contributed by atoms with van der Waals surface area (Å²) < 4.78 is 1.80. The van der Waals surface area contributed by atoms with Crippen molar-refractivity contribution in [3.63, 3.8) is 0 Å². The minimum absolute atomic E-state index is 0.585. The second-order valence-corrected chi connectivity index (χ2v) is 4.15. The van der Waals surface area contributed by atoms with Crippen molar-refractivity contribution in [3.8, 4) is 0 Å². The highest BCUT2D eigenvalue weighted by Gasteiger charge is 2.40. The molecule has 2 rings (SSSR count). The van der Waals surface area contributed by atoms with Crippen molar-refractivity contribution in [2.45, 2.75) is 31.8 Å². The molecule has 1 aliphatic rings. The normalized spacial score (nSPS) is 33.9. The van der Waals surface area contributed by atoms with Gasteiger partial charge in [-0.3, -0.25) is 0 Å². The summed E-state index contributed by atoms with van der Waals surface area (Å²) in [6, 6.07) is 0. The molecule has 0 spiro atoms. The topological polar surface area (TPSA) is 50.9 Å². The van der Waals surface area contributed by atoms with Crippen LogP contribution in [0, 0.1) is 5.92 Å². The first-order chi connectivity index (χ1) is 6.12. The molecule has 1 aromatic rings. The number of rotatable bonds is 1. The summed E-state index contributed by atoms with van der Waals surface area (Å²) >= 11 is 0. The molecule has 2 unspecified atom stereocenters. The van der Waals surface area contributed by atoms with Crippen LogP contribution in [0.2, 0.25) is 0 Å². The molecule has 1 heterocycles. The molecular weight excluding hydrogens is 166 g/mol. The summed E-state index contributed by atoms with van der Waals surface area (Å²) in [5, 5.41) is 18.0. The summed E-state index contributed by atoms with van der Waals surface area (Å²) in [6.45, 7) is 2.16. The summed E-state index contributed by atoms with van der Waals surface area (Å²) in [4.78, 5) is 0. The largest absolute Gasteiger partial charge is 0.382 e. The molecule has 4 heteroatoms. The standard InChI is InChI=1S/C9H15N3O/c1-7-3-4-9(13,5-7)8-11-10-6-12(8)2/h6-7,13H,3-5H2,1-2H3. The molecule has 1 aliphatic carbocycles. The van der Waals surface area contributed by atoms with E-state index in [1.54, 1.807) is 10.9 Å². The van der Waals surface area contributed by atoms with Crippen molar-refractivity contribution in [1.82, 2.24) is 14.8 Å². The van der Waals surface area contributed by atoms with E-state index >= 15 is 0 Å². The summed E-state index contributed by atoms with van der Waals surface area (Å²) in [6.07, 6.45) is 4.32. The van der Waals surface area contributed by atoms with Crippen molar-refractivity contribution < 1.29 is 5.11 Å². The van der Waals surface area contributed by atoms with Gasteiger partial charge < -0.3 is 9.67 Å². The molecule has 0 radical (unpaired) electrons. The van der Waals surface area contributed by atoms with Gasteiger partial charge in [-0.15, -0.1) is 10.2 Å². The molecule has 1 saturated carbocycles. The minimum Gasteiger partial charge on any atom is -0.382 e. The summed E-state index contributed by atoms with van der Waals surface area (Å²) in [7, 11) is 1.87. The molecule has 1 aromatic heterocycles. The van der Waals surface area contributed by atoms with Crippen LogP contribution in [0.3, 0.4) is 0 Å². The minimum atomic E-state index is -0.731. The number of aryl methyl sites for hydroxylation is 1. The van der Waals surface area contributed by atoms with Crippen LogP contribution in [0.25, 0.3) is 0 Å². The molecular formula is C9H15N3O. The maximum atomic E-state index is 10.3. The van der Waals surface area contributed by atoms with E-state index in [1.807, 2.05) is 7.05 Å². The van der Waals surface area contributed by atoms with E-state index in [-0.39, 0.29) is 0 Å². The number of nitrogens with zero attached hydrogens (tertiary/aromatic N) is 3. The smallest absolute Gasteiger partial charge is 0.164 e. The van der Waals surface area contributed by atoms with Gasteiger partial charge in [-0.25, -0.2) is 0 Å². The highest BCUT2D eigenvalue weighted by atomic mass is 16.3. The molecule has 0 amide bonds. The lowest BCUT2D eigenvalue weighted by atomic mass is 10.00. The van der Waals surface area contributed by atoms with Crippen LogP contribution >= 0.6 is 0 Å². The van der Waals surface area contributed by atoms with Gasteiger partial charge >= 0.3 is 0 Å². The zero-order valence-corrected chi connectivity index (χ0v) is 8.06. The van der Waals surface area contributed by atoms with Gasteiger partial charge in [-0.1, -0.05) is 6.92 Å². The van der Waals surface area contributed by atoms with Gasteiger partial charge in [0.2, 0.25) is 0 Å². The molecule has 4 nitrogen and oxygen atoms in total. The SMILES string of the molecule is CC1CCC(O)(c2nncn2C)C1.